The van der Waals surface area contributed by atoms with Crippen molar-refractivity contribution in [3.8, 4) is 0 Å². The first kappa shape index (κ1) is 16.3. The van der Waals surface area contributed by atoms with Crippen molar-refractivity contribution >= 4 is 5.69 Å². The zero-order valence-corrected chi connectivity index (χ0v) is 13.9. The van der Waals surface area contributed by atoms with E-state index < -0.39 is 0 Å². The van der Waals surface area contributed by atoms with Gasteiger partial charge in [0.25, 0.3) is 0 Å². The standard InChI is InChI=1S/C18H31N3/c1-4-10-19-16(3)17-8-6-7-9-18(17)21-14-12-20(11-5-2)13-15-21/h6-9,16,19H,4-5,10-15H2,1-3H3. The van der Waals surface area contributed by atoms with Crippen LogP contribution in [0.25, 0.3) is 0 Å². The lowest BCUT2D eigenvalue weighted by Crippen LogP contribution is -2.47. The number of nitrogens with one attached hydrogen (secondary N) is 1. The number of anilines is 1. The Morgan fingerprint density at radius 1 is 1.05 bits per heavy atom. The molecule has 1 aromatic rings. The molecule has 0 amide bonds. The van der Waals surface area contributed by atoms with Crippen molar-refractivity contribution in [1.82, 2.24) is 10.2 Å². The summed E-state index contributed by atoms with van der Waals surface area (Å²) in [5.74, 6) is 0. The Bertz CT molecular complexity index is 411. The molecule has 0 aromatic heterocycles. The van der Waals surface area contributed by atoms with Gasteiger partial charge in [-0.1, -0.05) is 32.0 Å². The predicted molar refractivity (Wildman–Crippen MR) is 92.1 cm³/mol. The molecule has 1 N–H and O–H groups in total. The SMILES string of the molecule is CCCNC(C)c1ccccc1N1CCN(CCC)CC1. The first-order valence-electron chi connectivity index (χ1n) is 8.55. The molecule has 1 aromatic carbocycles. The molecular weight excluding hydrogens is 258 g/mol. The number of para-hydroxylation sites is 1. The minimum atomic E-state index is 0.426. The first-order valence-corrected chi connectivity index (χ1v) is 8.55. The third-order valence-corrected chi connectivity index (χ3v) is 4.36. The number of piperazine rings is 1. The molecule has 1 heterocycles. The van der Waals surface area contributed by atoms with E-state index in [-0.39, 0.29) is 0 Å². The first-order chi connectivity index (χ1) is 10.3. The smallest absolute Gasteiger partial charge is 0.0415 e. The van der Waals surface area contributed by atoms with Crippen LogP contribution in [0, 0.1) is 0 Å². The van der Waals surface area contributed by atoms with Crippen LogP contribution in [0.4, 0.5) is 5.69 Å². The van der Waals surface area contributed by atoms with E-state index >= 15 is 0 Å². The number of benzene rings is 1. The summed E-state index contributed by atoms with van der Waals surface area (Å²) in [5.41, 5.74) is 2.86. The van der Waals surface area contributed by atoms with Crippen LogP contribution in [0.2, 0.25) is 0 Å². The van der Waals surface area contributed by atoms with Crippen molar-refractivity contribution in [2.75, 3.05) is 44.2 Å². The van der Waals surface area contributed by atoms with Crippen LogP contribution in [0.15, 0.2) is 24.3 Å². The van der Waals surface area contributed by atoms with Gasteiger partial charge in [0.15, 0.2) is 0 Å². The molecule has 0 aliphatic carbocycles. The quantitative estimate of drug-likeness (QED) is 0.831. The second kappa shape index (κ2) is 8.40. The van der Waals surface area contributed by atoms with Crippen LogP contribution in [-0.2, 0) is 0 Å². The lowest BCUT2D eigenvalue weighted by Gasteiger charge is -2.37. The summed E-state index contributed by atoms with van der Waals surface area (Å²) in [6, 6.07) is 9.32. The number of hydrogen-bond acceptors (Lipinski definition) is 3. The van der Waals surface area contributed by atoms with E-state index in [4.69, 9.17) is 0 Å². The molecule has 21 heavy (non-hydrogen) atoms. The summed E-state index contributed by atoms with van der Waals surface area (Å²) in [5, 5.41) is 3.62. The summed E-state index contributed by atoms with van der Waals surface area (Å²) >= 11 is 0. The summed E-state index contributed by atoms with van der Waals surface area (Å²) in [7, 11) is 0. The molecule has 0 radical (unpaired) electrons. The van der Waals surface area contributed by atoms with Crippen molar-refractivity contribution in [2.45, 2.75) is 39.7 Å². The lowest BCUT2D eigenvalue weighted by atomic mass is 10.0. The van der Waals surface area contributed by atoms with E-state index in [0.717, 1.165) is 19.6 Å². The van der Waals surface area contributed by atoms with Crippen LogP contribution in [-0.4, -0.2) is 44.2 Å². The second-order valence-corrected chi connectivity index (χ2v) is 6.06. The Labute approximate surface area is 130 Å². The molecule has 1 fully saturated rings. The summed E-state index contributed by atoms with van der Waals surface area (Å²) < 4.78 is 0. The van der Waals surface area contributed by atoms with Gasteiger partial charge in [0, 0.05) is 37.9 Å². The molecular formula is C18H31N3. The maximum Gasteiger partial charge on any atom is 0.0415 e. The molecule has 118 valence electrons. The Balaban J connectivity index is 2.03. The highest BCUT2D eigenvalue weighted by atomic mass is 15.3. The summed E-state index contributed by atoms with van der Waals surface area (Å²) in [6.07, 6.45) is 2.44. The average molecular weight is 289 g/mol. The number of rotatable bonds is 7. The highest BCUT2D eigenvalue weighted by molar-refractivity contribution is 5.55. The van der Waals surface area contributed by atoms with Gasteiger partial charge >= 0.3 is 0 Å². The molecule has 3 heteroatoms. The van der Waals surface area contributed by atoms with Gasteiger partial charge in [-0.15, -0.1) is 0 Å². The van der Waals surface area contributed by atoms with Crippen LogP contribution in [0.3, 0.4) is 0 Å². The van der Waals surface area contributed by atoms with Gasteiger partial charge in [-0.2, -0.15) is 0 Å². The zero-order valence-electron chi connectivity index (χ0n) is 13.9. The third-order valence-electron chi connectivity index (χ3n) is 4.36. The van der Waals surface area contributed by atoms with E-state index in [1.807, 2.05) is 0 Å². The van der Waals surface area contributed by atoms with E-state index in [1.165, 1.54) is 43.7 Å². The Morgan fingerprint density at radius 2 is 1.76 bits per heavy atom. The predicted octanol–water partition coefficient (Wildman–Crippen LogP) is 3.28. The van der Waals surface area contributed by atoms with Gasteiger partial charge in [-0.3, -0.25) is 4.90 Å². The molecule has 1 aliphatic rings. The van der Waals surface area contributed by atoms with Crippen LogP contribution in [0.1, 0.15) is 45.2 Å². The van der Waals surface area contributed by atoms with Crippen LogP contribution < -0.4 is 10.2 Å². The lowest BCUT2D eigenvalue weighted by molar-refractivity contribution is 0.258. The minimum Gasteiger partial charge on any atom is -0.369 e. The van der Waals surface area contributed by atoms with Gasteiger partial charge in [0.1, 0.15) is 0 Å². The maximum atomic E-state index is 3.62. The topological polar surface area (TPSA) is 18.5 Å². The van der Waals surface area contributed by atoms with E-state index in [2.05, 4.69) is 60.2 Å². The van der Waals surface area contributed by atoms with Gasteiger partial charge < -0.3 is 10.2 Å². The van der Waals surface area contributed by atoms with E-state index in [1.54, 1.807) is 0 Å². The molecule has 0 bridgehead atoms. The molecule has 0 spiro atoms. The Hall–Kier alpha value is -1.06. The average Bonchev–Trinajstić information content (AvgIpc) is 2.54. The summed E-state index contributed by atoms with van der Waals surface area (Å²) in [6.45, 7) is 13.8. The fourth-order valence-electron chi connectivity index (χ4n) is 3.14. The largest absolute Gasteiger partial charge is 0.369 e. The second-order valence-electron chi connectivity index (χ2n) is 6.06. The highest BCUT2D eigenvalue weighted by Gasteiger charge is 2.20. The van der Waals surface area contributed by atoms with Crippen molar-refractivity contribution in [1.29, 1.82) is 0 Å². The molecule has 2 rings (SSSR count). The van der Waals surface area contributed by atoms with Crippen LogP contribution >= 0.6 is 0 Å². The fourth-order valence-corrected chi connectivity index (χ4v) is 3.14. The fraction of sp³-hybridized carbons (Fsp3) is 0.667. The normalized spacial score (nSPS) is 18.0. The molecule has 1 aliphatic heterocycles. The minimum absolute atomic E-state index is 0.426. The van der Waals surface area contributed by atoms with E-state index in [0.29, 0.717) is 6.04 Å². The van der Waals surface area contributed by atoms with Gasteiger partial charge in [-0.05, 0) is 44.5 Å². The number of hydrogen-bond donors (Lipinski definition) is 1. The van der Waals surface area contributed by atoms with Crippen molar-refractivity contribution in [2.24, 2.45) is 0 Å². The monoisotopic (exact) mass is 289 g/mol. The van der Waals surface area contributed by atoms with Gasteiger partial charge in [-0.25, -0.2) is 0 Å². The van der Waals surface area contributed by atoms with Crippen LogP contribution in [0.5, 0.6) is 0 Å². The van der Waals surface area contributed by atoms with Gasteiger partial charge in [0.05, 0.1) is 0 Å². The molecule has 1 unspecified atom stereocenters. The molecule has 1 saturated heterocycles. The molecule has 0 saturated carbocycles. The Kier molecular flexibility index (Phi) is 6.52. The van der Waals surface area contributed by atoms with Crippen molar-refractivity contribution in [3.05, 3.63) is 29.8 Å². The van der Waals surface area contributed by atoms with Crippen molar-refractivity contribution < 1.29 is 0 Å². The number of nitrogens with zero attached hydrogens (tertiary/aromatic N) is 2. The molecule has 3 nitrogen and oxygen atoms in total. The maximum absolute atomic E-state index is 3.62. The molecule has 1 atom stereocenters. The third kappa shape index (κ3) is 4.45. The highest BCUT2D eigenvalue weighted by Crippen LogP contribution is 2.27. The zero-order chi connectivity index (χ0) is 15.1. The Morgan fingerprint density at radius 3 is 2.43 bits per heavy atom. The van der Waals surface area contributed by atoms with Crippen molar-refractivity contribution in [3.63, 3.8) is 0 Å². The van der Waals surface area contributed by atoms with E-state index in [9.17, 15) is 0 Å². The summed E-state index contributed by atoms with van der Waals surface area (Å²) in [4.78, 5) is 5.14. The van der Waals surface area contributed by atoms with Gasteiger partial charge in [0.2, 0.25) is 0 Å².